The molecule has 0 radical (unpaired) electrons. The highest BCUT2D eigenvalue weighted by Gasteiger charge is 2.18. The van der Waals surface area contributed by atoms with Crippen molar-refractivity contribution in [2.75, 3.05) is 18.4 Å². The van der Waals surface area contributed by atoms with Crippen molar-refractivity contribution in [3.63, 3.8) is 0 Å². The summed E-state index contributed by atoms with van der Waals surface area (Å²) in [6, 6.07) is 4.51. The van der Waals surface area contributed by atoms with Gasteiger partial charge in [-0.1, -0.05) is 22.0 Å². The summed E-state index contributed by atoms with van der Waals surface area (Å²) in [7, 11) is 0. The number of carbonyl (C=O) groups is 1. The van der Waals surface area contributed by atoms with Crippen LogP contribution in [0, 0.1) is 5.82 Å². The van der Waals surface area contributed by atoms with E-state index in [1.165, 1.54) is 6.07 Å². The van der Waals surface area contributed by atoms with Gasteiger partial charge in [-0.05, 0) is 41.4 Å². The average Bonchev–Trinajstić information content (AvgIpc) is 2.33. The van der Waals surface area contributed by atoms with Gasteiger partial charge in [0, 0.05) is 18.4 Å². The second-order valence-corrected chi connectivity index (χ2v) is 5.11. The second-order valence-electron chi connectivity index (χ2n) is 3.53. The highest BCUT2D eigenvalue weighted by molar-refractivity contribution is 9.10. The number of halogens is 3. The number of benzene rings is 1. The number of hydrogen-bond donors (Lipinski definition) is 0. The third kappa shape index (κ3) is 3.78. The normalized spacial score (nSPS) is 10.4. The Kier molecular flexibility index (Phi) is 6.12. The Morgan fingerprint density at radius 3 is 2.76 bits per heavy atom. The summed E-state index contributed by atoms with van der Waals surface area (Å²) in [5, 5.41) is 0.848. The molecule has 0 spiro atoms. The minimum absolute atomic E-state index is 0.139. The van der Waals surface area contributed by atoms with Gasteiger partial charge < -0.3 is 4.90 Å². The zero-order chi connectivity index (χ0) is 12.8. The lowest BCUT2D eigenvalue weighted by Gasteiger charge is -2.21. The number of hydrogen-bond acceptors (Lipinski definition) is 1. The van der Waals surface area contributed by atoms with Gasteiger partial charge in [-0.25, -0.2) is 4.39 Å². The molecule has 17 heavy (non-hydrogen) atoms. The third-order valence-corrected chi connectivity index (χ3v) is 3.78. The standard InChI is InChI=1S/C12H14Br2FNO/c1-2-16(8-4-7-13)12(17)9-5-3-6-10(15)11(9)14/h3,5-6H,2,4,7-8H2,1H3. The van der Waals surface area contributed by atoms with Crippen molar-refractivity contribution in [1.82, 2.24) is 4.90 Å². The van der Waals surface area contributed by atoms with E-state index >= 15 is 0 Å². The molecule has 1 aromatic carbocycles. The SMILES string of the molecule is CCN(CCCBr)C(=O)c1cccc(F)c1Br. The van der Waals surface area contributed by atoms with E-state index in [-0.39, 0.29) is 10.4 Å². The van der Waals surface area contributed by atoms with Crippen molar-refractivity contribution < 1.29 is 9.18 Å². The minimum Gasteiger partial charge on any atom is -0.339 e. The first kappa shape index (κ1) is 14.6. The van der Waals surface area contributed by atoms with Gasteiger partial charge in [0.15, 0.2) is 0 Å². The van der Waals surface area contributed by atoms with Gasteiger partial charge in [0.2, 0.25) is 0 Å². The highest BCUT2D eigenvalue weighted by Crippen LogP contribution is 2.21. The average molecular weight is 367 g/mol. The summed E-state index contributed by atoms with van der Waals surface area (Å²) in [6.07, 6.45) is 0.881. The third-order valence-electron chi connectivity index (χ3n) is 2.41. The van der Waals surface area contributed by atoms with E-state index in [1.807, 2.05) is 6.92 Å². The maximum absolute atomic E-state index is 13.3. The number of amides is 1. The predicted octanol–water partition coefficient (Wildman–Crippen LogP) is 3.84. The van der Waals surface area contributed by atoms with Gasteiger partial charge in [0.05, 0.1) is 10.0 Å². The van der Waals surface area contributed by atoms with Gasteiger partial charge in [-0.15, -0.1) is 0 Å². The van der Waals surface area contributed by atoms with Crippen molar-refractivity contribution in [3.05, 3.63) is 34.1 Å². The topological polar surface area (TPSA) is 20.3 Å². The van der Waals surface area contributed by atoms with Crippen LogP contribution in [0.1, 0.15) is 23.7 Å². The van der Waals surface area contributed by atoms with E-state index in [9.17, 15) is 9.18 Å². The lowest BCUT2D eigenvalue weighted by atomic mass is 10.2. The van der Waals surface area contributed by atoms with Crippen molar-refractivity contribution in [3.8, 4) is 0 Å². The Morgan fingerprint density at radius 1 is 1.47 bits per heavy atom. The molecule has 0 aromatic heterocycles. The van der Waals surface area contributed by atoms with Gasteiger partial charge in [-0.2, -0.15) is 0 Å². The zero-order valence-electron chi connectivity index (χ0n) is 9.55. The first-order valence-corrected chi connectivity index (χ1v) is 7.32. The summed E-state index contributed by atoms with van der Waals surface area (Å²) in [5.41, 5.74) is 0.376. The molecule has 0 heterocycles. The van der Waals surface area contributed by atoms with Crippen LogP contribution in [-0.4, -0.2) is 29.2 Å². The zero-order valence-corrected chi connectivity index (χ0v) is 12.7. The molecule has 1 aromatic rings. The molecule has 0 bridgehead atoms. The Balaban J connectivity index is 2.90. The van der Waals surface area contributed by atoms with Crippen LogP contribution in [0.15, 0.2) is 22.7 Å². The van der Waals surface area contributed by atoms with Crippen LogP contribution < -0.4 is 0 Å². The molecular weight excluding hydrogens is 353 g/mol. The van der Waals surface area contributed by atoms with Crippen LogP contribution in [0.2, 0.25) is 0 Å². The fraction of sp³-hybridized carbons (Fsp3) is 0.417. The summed E-state index contributed by atoms with van der Waals surface area (Å²) in [6.45, 7) is 3.21. The van der Waals surface area contributed by atoms with Gasteiger partial charge >= 0.3 is 0 Å². The van der Waals surface area contributed by atoms with Crippen LogP contribution in [0.4, 0.5) is 4.39 Å². The maximum Gasteiger partial charge on any atom is 0.255 e. The van der Waals surface area contributed by atoms with E-state index in [0.717, 1.165) is 11.8 Å². The Hall–Kier alpha value is -0.420. The monoisotopic (exact) mass is 365 g/mol. The van der Waals surface area contributed by atoms with E-state index in [4.69, 9.17) is 0 Å². The van der Waals surface area contributed by atoms with Crippen LogP contribution in [0.5, 0.6) is 0 Å². The van der Waals surface area contributed by atoms with E-state index in [1.54, 1.807) is 17.0 Å². The summed E-state index contributed by atoms with van der Waals surface area (Å²) in [4.78, 5) is 13.9. The molecule has 0 saturated carbocycles. The minimum atomic E-state index is -0.410. The maximum atomic E-state index is 13.3. The molecule has 1 amide bonds. The van der Waals surface area contributed by atoms with Crippen molar-refractivity contribution in [2.24, 2.45) is 0 Å². The summed E-state index contributed by atoms with van der Waals surface area (Å²) in [5.74, 6) is -0.549. The fourth-order valence-electron chi connectivity index (χ4n) is 1.49. The molecule has 5 heteroatoms. The fourth-order valence-corrected chi connectivity index (χ4v) is 2.18. The summed E-state index contributed by atoms with van der Waals surface area (Å²) < 4.78 is 13.6. The molecule has 0 aliphatic heterocycles. The van der Waals surface area contributed by atoms with Crippen molar-refractivity contribution in [1.29, 1.82) is 0 Å². The van der Waals surface area contributed by atoms with Crippen LogP contribution in [0.25, 0.3) is 0 Å². The smallest absolute Gasteiger partial charge is 0.255 e. The molecular formula is C12H14Br2FNO. The number of nitrogens with zero attached hydrogens (tertiary/aromatic N) is 1. The largest absolute Gasteiger partial charge is 0.339 e. The molecule has 2 nitrogen and oxygen atoms in total. The Morgan fingerprint density at radius 2 is 2.18 bits per heavy atom. The van der Waals surface area contributed by atoms with E-state index in [2.05, 4.69) is 31.9 Å². The quantitative estimate of drug-likeness (QED) is 0.725. The van der Waals surface area contributed by atoms with Crippen molar-refractivity contribution >= 4 is 37.8 Å². The molecule has 0 fully saturated rings. The second kappa shape index (κ2) is 7.11. The molecule has 94 valence electrons. The molecule has 0 aliphatic carbocycles. The summed E-state index contributed by atoms with van der Waals surface area (Å²) >= 11 is 6.45. The van der Waals surface area contributed by atoms with Crippen molar-refractivity contribution in [2.45, 2.75) is 13.3 Å². The predicted molar refractivity (Wildman–Crippen MR) is 74.1 cm³/mol. The van der Waals surface area contributed by atoms with Crippen LogP contribution >= 0.6 is 31.9 Å². The first-order valence-electron chi connectivity index (χ1n) is 5.41. The number of alkyl halides is 1. The lowest BCUT2D eigenvalue weighted by Crippen LogP contribution is -2.32. The Bertz CT molecular complexity index is 398. The molecule has 0 atom stereocenters. The van der Waals surface area contributed by atoms with Gasteiger partial charge in [0.25, 0.3) is 5.91 Å². The highest BCUT2D eigenvalue weighted by atomic mass is 79.9. The van der Waals surface area contributed by atoms with Crippen LogP contribution in [0.3, 0.4) is 0 Å². The number of rotatable bonds is 5. The Labute approximate surface area is 117 Å². The molecule has 0 aliphatic rings. The number of carbonyl (C=O) groups excluding carboxylic acids is 1. The lowest BCUT2D eigenvalue weighted by molar-refractivity contribution is 0.0763. The van der Waals surface area contributed by atoms with E-state index in [0.29, 0.717) is 18.7 Å². The van der Waals surface area contributed by atoms with Crippen LogP contribution in [-0.2, 0) is 0 Å². The molecule has 0 N–H and O–H groups in total. The van der Waals surface area contributed by atoms with E-state index < -0.39 is 5.82 Å². The first-order chi connectivity index (χ1) is 8.11. The van der Waals surface area contributed by atoms with Gasteiger partial charge in [-0.3, -0.25) is 4.79 Å². The van der Waals surface area contributed by atoms with Gasteiger partial charge in [0.1, 0.15) is 5.82 Å². The molecule has 1 rings (SSSR count). The molecule has 0 unspecified atom stereocenters. The molecule has 0 saturated heterocycles.